The van der Waals surface area contributed by atoms with Gasteiger partial charge in [-0.3, -0.25) is 0 Å². The Morgan fingerprint density at radius 1 is 1.44 bits per heavy atom. The Labute approximate surface area is 80.5 Å². The molecular formula is C7H8NY-. The number of hydrogen-bond acceptors (Lipinski definition) is 1. The van der Waals surface area contributed by atoms with Gasteiger partial charge in [-0.15, -0.1) is 0 Å². The number of anilines is 1. The summed E-state index contributed by atoms with van der Waals surface area (Å²) in [6.45, 7) is 1.99. The summed E-state index contributed by atoms with van der Waals surface area (Å²) in [5, 5.41) is 0. The van der Waals surface area contributed by atoms with E-state index in [1.807, 2.05) is 19.1 Å². The SMILES string of the molecule is Cc1[c-]cc(N)cc1.[Y]. The van der Waals surface area contributed by atoms with Crippen LogP contribution in [0.25, 0.3) is 0 Å². The second-order valence-corrected chi connectivity index (χ2v) is 1.81. The van der Waals surface area contributed by atoms with E-state index in [1.54, 1.807) is 6.07 Å². The van der Waals surface area contributed by atoms with E-state index in [-0.39, 0.29) is 32.7 Å². The number of benzene rings is 1. The van der Waals surface area contributed by atoms with E-state index in [9.17, 15) is 0 Å². The number of rotatable bonds is 0. The van der Waals surface area contributed by atoms with E-state index >= 15 is 0 Å². The summed E-state index contributed by atoms with van der Waals surface area (Å²) in [7, 11) is 0. The first kappa shape index (κ1) is 9.12. The standard InChI is InChI=1S/C7H8N.Y/c1-6-2-4-7(8)5-3-6;/h2,4-5H,8H2,1H3;/q-1;. The molecule has 0 aliphatic carbocycles. The van der Waals surface area contributed by atoms with Gasteiger partial charge in [0.15, 0.2) is 0 Å². The number of aryl methyl sites for hydroxylation is 1. The second kappa shape index (κ2) is 4.02. The average molecular weight is 195 g/mol. The zero-order valence-corrected chi connectivity index (χ0v) is 8.23. The molecule has 9 heavy (non-hydrogen) atoms. The Bertz CT molecular complexity index is 148. The first-order valence-electron chi connectivity index (χ1n) is 2.53. The molecule has 45 valence electrons. The van der Waals surface area contributed by atoms with Gasteiger partial charge in [-0.05, 0) is 0 Å². The number of nitrogen functional groups attached to an aromatic ring is 1. The first-order valence-corrected chi connectivity index (χ1v) is 2.53. The molecule has 0 atom stereocenters. The van der Waals surface area contributed by atoms with Crippen molar-refractivity contribution < 1.29 is 32.7 Å². The van der Waals surface area contributed by atoms with Crippen molar-refractivity contribution >= 4 is 5.69 Å². The molecule has 0 amide bonds. The van der Waals surface area contributed by atoms with Gasteiger partial charge >= 0.3 is 0 Å². The maximum atomic E-state index is 5.40. The van der Waals surface area contributed by atoms with Gasteiger partial charge < -0.3 is 5.73 Å². The molecule has 2 N–H and O–H groups in total. The van der Waals surface area contributed by atoms with Crippen molar-refractivity contribution in [2.24, 2.45) is 0 Å². The fourth-order valence-electron chi connectivity index (χ4n) is 0.515. The topological polar surface area (TPSA) is 26.0 Å². The minimum Gasteiger partial charge on any atom is -0.449 e. The molecule has 0 saturated heterocycles. The molecule has 0 heterocycles. The molecule has 0 aliphatic rings. The van der Waals surface area contributed by atoms with Gasteiger partial charge in [-0.2, -0.15) is 29.8 Å². The van der Waals surface area contributed by atoms with E-state index < -0.39 is 0 Å². The molecule has 1 nitrogen and oxygen atoms in total. The number of hydrogen-bond donors (Lipinski definition) is 1. The average Bonchev–Trinajstić information content (AvgIpc) is 1.77. The third-order valence-corrected chi connectivity index (χ3v) is 0.992. The molecule has 1 aromatic carbocycles. The fourth-order valence-corrected chi connectivity index (χ4v) is 0.515. The van der Waals surface area contributed by atoms with Crippen LogP contribution in [0.1, 0.15) is 5.56 Å². The molecule has 0 bridgehead atoms. The maximum Gasteiger partial charge on any atom is 0 e. The Morgan fingerprint density at radius 3 is 2.44 bits per heavy atom. The number of nitrogens with two attached hydrogens (primary N) is 1. The molecule has 0 fully saturated rings. The van der Waals surface area contributed by atoms with Crippen molar-refractivity contribution in [3.8, 4) is 0 Å². The van der Waals surface area contributed by atoms with Gasteiger partial charge in [0.1, 0.15) is 0 Å². The molecule has 0 unspecified atom stereocenters. The van der Waals surface area contributed by atoms with Crippen LogP contribution in [0.4, 0.5) is 5.69 Å². The van der Waals surface area contributed by atoms with Gasteiger partial charge in [0.2, 0.25) is 0 Å². The van der Waals surface area contributed by atoms with Crippen molar-refractivity contribution in [1.29, 1.82) is 0 Å². The van der Waals surface area contributed by atoms with Gasteiger partial charge in [-0.25, -0.2) is 0 Å². The van der Waals surface area contributed by atoms with E-state index in [4.69, 9.17) is 5.73 Å². The van der Waals surface area contributed by atoms with E-state index in [1.165, 1.54) is 0 Å². The van der Waals surface area contributed by atoms with Gasteiger partial charge in [0.25, 0.3) is 0 Å². The van der Waals surface area contributed by atoms with Crippen LogP contribution in [0.5, 0.6) is 0 Å². The summed E-state index contributed by atoms with van der Waals surface area (Å²) in [6.07, 6.45) is 0. The van der Waals surface area contributed by atoms with Crippen molar-refractivity contribution in [1.82, 2.24) is 0 Å². The first-order chi connectivity index (χ1) is 3.79. The van der Waals surface area contributed by atoms with Crippen LogP contribution in [0.3, 0.4) is 0 Å². The van der Waals surface area contributed by atoms with Crippen LogP contribution in [-0.2, 0) is 32.7 Å². The third-order valence-electron chi connectivity index (χ3n) is 0.992. The zero-order chi connectivity index (χ0) is 5.98. The zero-order valence-electron chi connectivity index (χ0n) is 5.39. The summed E-state index contributed by atoms with van der Waals surface area (Å²) < 4.78 is 0. The molecule has 0 saturated carbocycles. The van der Waals surface area contributed by atoms with Gasteiger partial charge in [-0.1, -0.05) is 12.6 Å². The molecule has 2 heteroatoms. The van der Waals surface area contributed by atoms with Crippen LogP contribution in [0.2, 0.25) is 0 Å². The molecule has 1 radical (unpaired) electrons. The third kappa shape index (κ3) is 2.97. The van der Waals surface area contributed by atoms with Crippen molar-refractivity contribution in [3.63, 3.8) is 0 Å². The largest absolute Gasteiger partial charge is 0.449 e. The van der Waals surface area contributed by atoms with E-state index in [0.29, 0.717) is 0 Å². The quantitative estimate of drug-likeness (QED) is 0.491. The van der Waals surface area contributed by atoms with Gasteiger partial charge in [0.05, 0.1) is 0 Å². The Hall–Kier alpha value is 0.124. The molecule has 0 aromatic heterocycles. The van der Waals surface area contributed by atoms with Crippen LogP contribution in [0, 0.1) is 13.0 Å². The van der Waals surface area contributed by atoms with Crippen LogP contribution in [0.15, 0.2) is 18.2 Å². The fraction of sp³-hybridized carbons (Fsp3) is 0.143. The predicted molar refractivity (Wildman–Crippen MR) is 34.4 cm³/mol. The van der Waals surface area contributed by atoms with E-state index in [2.05, 4.69) is 6.07 Å². The summed E-state index contributed by atoms with van der Waals surface area (Å²) in [4.78, 5) is 0. The minimum absolute atomic E-state index is 0. The van der Waals surface area contributed by atoms with Crippen LogP contribution < -0.4 is 5.73 Å². The Balaban J connectivity index is 0.000000640. The normalized spacial score (nSPS) is 8.11. The Morgan fingerprint density at radius 2 is 2.11 bits per heavy atom. The van der Waals surface area contributed by atoms with Crippen LogP contribution in [-0.4, -0.2) is 0 Å². The molecule has 1 rings (SSSR count). The molecule has 0 aliphatic heterocycles. The summed E-state index contributed by atoms with van der Waals surface area (Å²) in [6, 6.07) is 8.55. The van der Waals surface area contributed by atoms with Crippen LogP contribution >= 0.6 is 0 Å². The van der Waals surface area contributed by atoms with E-state index in [0.717, 1.165) is 11.3 Å². The van der Waals surface area contributed by atoms with Crippen molar-refractivity contribution in [2.45, 2.75) is 6.92 Å². The molecular weight excluding hydrogens is 187 g/mol. The molecule has 0 spiro atoms. The second-order valence-electron chi connectivity index (χ2n) is 1.81. The van der Waals surface area contributed by atoms with Gasteiger partial charge in [0, 0.05) is 32.7 Å². The minimum atomic E-state index is 0. The predicted octanol–water partition coefficient (Wildman–Crippen LogP) is 1.37. The monoisotopic (exact) mass is 195 g/mol. The summed E-state index contributed by atoms with van der Waals surface area (Å²) >= 11 is 0. The Kier molecular flexibility index (Phi) is 4.08. The summed E-state index contributed by atoms with van der Waals surface area (Å²) in [5.74, 6) is 0. The van der Waals surface area contributed by atoms with Crippen molar-refractivity contribution in [3.05, 3.63) is 29.8 Å². The maximum absolute atomic E-state index is 5.40. The summed E-state index contributed by atoms with van der Waals surface area (Å²) in [5.41, 5.74) is 7.29. The van der Waals surface area contributed by atoms with Crippen molar-refractivity contribution in [2.75, 3.05) is 5.73 Å². The smallest absolute Gasteiger partial charge is 0 e. The molecule has 1 aromatic rings.